The van der Waals surface area contributed by atoms with Gasteiger partial charge in [-0.25, -0.2) is 4.79 Å². The molecule has 1 N–H and O–H groups in total. The van der Waals surface area contributed by atoms with Gasteiger partial charge in [-0.1, -0.05) is 18.1 Å². The molecule has 0 aromatic rings. The third-order valence-corrected chi connectivity index (χ3v) is 2.40. The van der Waals surface area contributed by atoms with Crippen LogP contribution >= 0.6 is 0 Å². The minimum Gasteiger partial charge on any atom is -0.490 e. The fourth-order valence-corrected chi connectivity index (χ4v) is 1.59. The molecule has 0 aromatic heterocycles. The van der Waals surface area contributed by atoms with Gasteiger partial charge in [0.25, 0.3) is 0 Å². The van der Waals surface area contributed by atoms with Crippen molar-refractivity contribution in [2.45, 2.75) is 32.1 Å². The molecule has 3 nitrogen and oxygen atoms in total. The van der Waals surface area contributed by atoms with Gasteiger partial charge < -0.3 is 9.84 Å². The highest BCUT2D eigenvalue weighted by molar-refractivity contribution is 5.84. The van der Waals surface area contributed by atoms with Gasteiger partial charge in [-0.2, -0.15) is 0 Å². The normalized spacial score (nSPS) is 17.8. The van der Waals surface area contributed by atoms with Crippen LogP contribution in [-0.4, -0.2) is 18.2 Å². The lowest BCUT2D eigenvalue weighted by Crippen LogP contribution is -2.02. The Kier molecular flexibility index (Phi) is 4.23. The number of rotatable bonds is 3. The van der Waals surface area contributed by atoms with Gasteiger partial charge in [-0.15, -0.1) is 0 Å². The molecule has 0 amide bonds. The van der Waals surface area contributed by atoms with Gasteiger partial charge in [0.1, 0.15) is 0 Å². The first-order valence-electron chi connectivity index (χ1n) is 4.91. The van der Waals surface area contributed by atoms with E-state index in [0.29, 0.717) is 0 Å². The van der Waals surface area contributed by atoms with Gasteiger partial charge in [0, 0.05) is 0 Å². The van der Waals surface area contributed by atoms with Crippen molar-refractivity contribution < 1.29 is 14.6 Å². The summed E-state index contributed by atoms with van der Waals surface area (Å²) in [7, 11) is 1.37. The van der Waals surface area contributed by atoms with Gasteiger partial charge in [0.05, 0.1) is 7.11 Å². The maximum Gasteiger partial charge on any atom is 0.371 e. The predicted molar refractivity (Wildman–Crippen MR) is 53.9 cm³/mol. The van der Waals surface area contributed by atoms with Crippen molar-refractivity contribution >= 4 is 5.97 Å². The summed E-state index contributed by atoms with van der Waals surface area (Å²) < 4.78 is 4.72. The average molecular weight is 196 g/mol. The number of methoxy groups -OCH3 is 1. The Bertz CT molecular complexity index is 256. The highest BCUT2D eigenvalue weighted by Crippen LogP contribution is 2.22. The van der Waals surface area contributed by atoms with Gasteiger partial charge in [0.15, 0.2) is 0 Å². The summed E-state index contributed by atoms with van der Waals surface area (Å²) in [6.45, 7) is 0. The van der Waals surface area contributed by atoms with E-state index in [9.17, 15) is 4.79 Å². The van der Waals surface area contributed by atoms with Crippen LogP contribution in [0.5, 0.6) is 0 Å². The third-order valence-electron chi connectivity index (χ3n) is 2.40. The zero-order valence-corrected chi connectivity index (χ0v) is 8.45. The molecule has 0 bridgehead atoms. The highest BCUT2D eigenvalue weighted by Gasteiger charge is 2.07. The maximum absolute atomic E-state index is 10.6. The standard InChI is InChI=1S/C11H16O3/c1-14-10(11(12)13)8-7-9-5-3-2-4-6-9/h7-8H,2-6H2,1H3,(H,12,13). The van der Waals surface area contributed by atoms with E-state index in [1.807, 2.05) is 6.08 Å². The van der Waals surface area contributed by atoms with E-state index in [2.05, 4.69) is 0 Å². The van der Waals surface area contributed by atoms with Crippen LogP contribution in [0.4, 0.5) is 0 Å². The summed E-state index contributed by atoms with van der Waals surface area (Å²) in [5.41, 5.74) is 1.33. The van der Waals surface area contributed by atoms with E-state index < -0.39 is 5.97 Å². The van der Waals surface area contributed by atoms with E-state index in [1.54, 1.807) is 6.08 Å². The second-order valence-electron chi connectivity index (χ2n) is 3.43. The SMILES string of the molecule is COC(=CC=C1CCCCC1)C(=O)O. The molecule has 0 atom stereocenters. The molecule has 0 spiro atoms. The molecule has 1 fully saturated rings. The Hall–Kier alpha value is -1.25. The average Bonchev–Trinajstić information content (AvgIpc) is 2.20. The van der Waals surface area contributed by atoms with Crippen LogP contribution in [0.15, 0.2) is 23.5 Å². The summed E-state index contributed by atoms with van der Waals surface area (Å²) in [5, 5.41) is 8.68. The second-order valence-corrected chi connectivity index (χ2v) is 3.43. The number of aliphatic carboxylic acids is 1. The van der Waals surface area contributed by atoms with Gasteiger partial charge in [-0.05, 0) is 31.8 Å². The molecule has 3 heteroatoms. The zero-order valence-electron chi connectivity index (χ0n) is 8.45. The first-order chi connectivity index (χ1) is 6.74. The summed E-state index contributed by atoms with van der Waals surface area (Å²) in [4.78, 5) is 10.6. The summed E-state index contributed by atoms with van der Waals surface area (Å²) >= 11 is 0. The zero-order chi connectivity index (χ0) is 10.4. The van der Waals surface area contributed by atoms with Crippen molar-refractivity contribution in [3.8, 4) is 0 Å². The van der Waals surface area contributed by atoms with Crippen molar-refractivity contribution in [3.05, 3.63) is 23.5 Å². The first-order valence-corrected chi connectivity index (χ1v) is 4.91. The van der Waals surface area contributed by atoms with E-state index >= 15 is 0 Å². The molecule has 14 heavy (non-hydrogen) atoms. The first kappa shape index (κ1) is 10.8. The lowest BCUT2D eigenvalue weighted by molar-refractivity contribution is -0.136. The molecule has 0 heterocycles. The molecule has 0 aromatic carbocycles. The summed E-state index contributed by atoms with van der Waals surface area (Å²) in [6.07, 6.45) is 9.33. The lowest BCUT2D eigenvalue weighted by Gasteiger charge is -2.12. The van der Waals surface area contributed by atoms with E-state index in [-0.39, 0.29) is 5.76 Å². The van der Waals surface area contributed by atoms with Crippen LogP contribution < -0.4 is 0 Å². The van der Waals surface area contributed by atoms with Crippen molar-refractivity contribution in [1.82, 2.24) is 0 Å². The van der Waals surface area contributed by atoms with E-state index in [4.69, 9.17) is 9.84 Å². The van der Waals surface area contributed by atoms with Crippen molar-refractivity contribution in [2.75, 3.05) is 7.11 Å². The summed E-state index contributed by atoms with van der Waals surface area (Å²) in [6, 6.07) is 0. The number of carboxylic acids is 1. The number of allylic oxidation sites excluding steroid dienone is 3. The van der Waals surface area contributed by atoms with Crippen molar-refractivity contribution in [2.24, 2.45) is 0 Å². The highest BCUT2D eigenvalue weighted by atomic mass is 16.5. The topological polar surface area (TPSA) is 46.5 Å². The summed E-state index contributed by atoms with van der Waals surface area (Å²) in [5.74, 6) is -1.01. The Morgan fingerprint density at radius 3 is 2.50 bits per heavy atom. The monoisotopic (exact) mass is 196 g/mol. The molecule has 0 unspecified atom stereocenters. The van der Waals surface area contributed by atoms with Crippen LogP contribution in [-0.2, 0) is 9.53 Å². The van der Waals surface area contributed by atoms with Gasteiger partial charge >= 0.3 is 5.97 Å². The van der Waals surface area contributed by atoms with Crippen LogP contribution in [0, 0.1) is 0 Å². The van der Waals surface area contributed by atoms with Gasteiger partial charge in [-0.3, -0.25) is 0 Å². The minimum absolute atomic E-state index is 0.00285. The molecule has 1 saturated carbocycles. The quantitative estimate of drug-likeness (QED) is 0.557. The molecule has 1 rings (SSSR count). The molecule has 78 valence electrons. The number of ether oxygens (including phenoxy) is 1. The number of carbonyl (C=O) groups is 1. The Morgan fingerprint density at radius 2 is 2.00 bits per heavy atom. The third kappa shape index (κ3) is 3.24. The lowest BCUT2D eigenvalue weighted by atomic mass is 9.95. The molecule has 1 aliphatic rings. The Morgan fingerprint density at radius 1 is 1.36 bits per heavy atom. The van der Waals surface area contributed by atoms with Crippen LogP contribution in [0.3, 0.4) is 0 Å². The predicted octanol–water partition coefficient (Wildman–Crippen LogP) is 2.49. The molecule has 0 radical (unpaired) electrons. The molecular formula is C11H16O3. The van der Waals surface area contributed by atoms with Crippen LogP contribution in [0.25, 0.3) is 0 Å². The minimum atomic E-state index is -1.01. The molecular weight excluding hydrogens is 180 g/mol. The maximum atomic E-state index is 10.6. The van der Waals surface area contributed by atoms with Gasteiger partial charge in [0.2, 0.25) is 5.76 Å². The fraction of sp³-hybridized carbons (Fsp3) is 0.545. The Labute approximate surface area is 84.1 Å². The van der Waals surface area contributed by atoms with E-state index in [1.165, 1.54) is 31.9 Å². The smallest absolute Gasteiger partial charge is 0.371 e. The number of hydrogen-bond donors (Lipinski definition) is 1. The Balaban J connectivity index is 2.60. The molecule has 0 saturated heterocycles. The largest absolute Gasteiger partial charge is 0.490 e. The van der Waals surface area contributed by atoms with Crippen molar-refractivity contribution in [3.63, 3.8) is 0 Å². The van der Waals surface area contributed by atoms with Crippen LogP contribution in [0.1, 0.15) is 32.1 Å². The number of carboxylic acid groups (broad SMARTS) is 1. The second kappa shape index (κ2) is 5.47. The van der Waals surface area contributed by atoms with Crippen LogP contribution in [0.2, 0.25) is 0 Å². The van der Waals surface area contributed by atoms with Crippen molar-refractivity contribution in [1.29, 1.82) is 0 Å². The molecule has 0 aliphatic heterocycles. The van der Waals surface area contributed by atoms with E-state index in [0.717, 1.165) is 12.8 Å². The number of hydrogen-bond acceptors (Lipinski definition) is 2. The fourth-order valence-electron chi connectivity index (χ4n) is 1.59. The molecule has 1 aliphatic carbocycles.